The molecule has 88 valence electrons. The van der Waals surface area contributed by atoms with Crippen LogP contribution < -0.4 is 0 Å². The summed E-state index contributed by atoms with van der Waals surface area (Å²) in [6, 6.07) is 0. The number of rotatable bonds is 3. The minimum atomic E-state index is -0.612. The lowest BCUT2D eigenvalue weighted by atomic mass is 10.1. The predicted octanol–water partition coefficient (Wildman–Crippen LogP) is -0.632. The van der Waals surface area contributed by atoms with Crippen molar-refractivity contribution >= 4 is 11.8 Å². The van der Waals surface area contributed by atoms with Crippen molar-refractivity contribution in [2.75, 3.05) is 26.2 Å². The van der Waals surface area contributed by atoms with Crippen molar-refractivity contribution < 1.29 is 14.7 Å². The first-order chi connectivity index (χ1) is 7.65. The van der Waals surface area contributed by atoms with E-state index in [1.54, 1.807) is 9.80 Å². The van der Waals surface area contributed by atoms with Crippen molar-refractivity contribution in [3.8, 4) is 0 Å². The summed E-state index contributed by atoms with van der Waals surface area (Å²) in [5.74, 6) is -0.197. The molecule has 2 amide bonds. The maximum atomic E-state index is 12.1. The van der Waals surface area contributed by atoms with Crippen molar-refractivity contribution in [2.24, 2.45) is 0 Å². The molecule has 1 saturated heterocycles. The van der Waals surface area contributed by atoms with Gasteiger partial charge < -0.3 is 14.9 Å². The highest BCUT2D eigenvalue weighted by molar-refractivity contribution is 5.98. The van der Waals surface area contributed by atoms with Crippen LogP contribution in [-0.2, 0) is 9.59 Å². The summed E-state index contributed by atoms with van der Waals surface area (Å²) < 4.78 is 0. The number of piperazine rings is 1. The molecule has 2 rings (SSSR count). The Kier molecular flexibility index (Phi) is 2.71. The minimum Gasteiger partial charge on any atom is -0.395 e. The summed E-state index contributed by atoms with van der Waals surface area (Å²) in [5, 5.41) is 8.86. The van der Waals surface area contributed by atoms with E-state index < -0.39 is 5.54 Å². The lowest BCUT2D eigenvalue weighted by Gasteiger charge is -2.40. The number of amides is 2. The third-order valence-corrected chi connectivity index (χ3v) is 3.33. The number of carbonyl (C=O) groups excluding carboxylic acids is 2. The molecule has 1 aliphatic carbocycles. The van der Waals surface area contributed by atoms with Crippen molar-refractivity contribution in [2.45, 2.75) is 18.4 Å². The normalized spacial score (nSPS) is 22.4. The minimum absolute atomic E-state index is 0.0250. The summed E-state index contributed by atoms with van der Waals surface area (Å²) in [7, 11) is 0. The molecule has 1 spiro atoms. The predicted molar refractivity (Wildman–Crippen MR) is 57.5 cm³/mol. The van der Waals surface area contributed by atoms with Gasteiger partial charge in [-0.05, 0) is 18.9 Å². The summed E-state index contributed by atoms with van der Waals surface area (Å²) >= 11 is 0. The van der Waals surface area contributed by atoms with E-state index in [-0.39, 0.29) is 18.4 Å². The van der Waals surface area contributed by atoms with Crippen LogP contribution in [0.2, 0.25) is 0 Å². The van der Waals surface area contributed by atoms with E-state index in [4.69, 9.17) is 5.11 Å². The maximum absolute atomic E-state index is 12.1. The Balaban J connectivity index is 2.15. The van der Waals surface area contributed by atoms with Gasteiger partial charge in [0.25, 0.3) is 0 Å². The molecule has 5 nitrogen and oxygen atoms in total. The first kappa shape index (κ1) is 11.1. The third kappa shape index (κ3) is 1.51. The average Bonchev–Trinajstić information content (AvgIpc) is 3.06. The summed E-state index contributed by atoms with van der Waals surface area (Å²) in [4.78, 5) is 27.0. The van der Waals surface area contributed by atoms with Gasteiger partial charge in [0.15, 0.2) is 0 Å². The molecule has 0 bridgehead atoms. The second-order valence-electron chi connectivity index (χ2n) is 4.24. The summed E-state index contributed by atoms with van der Waals surface area (Å²) in [6.45, 7) is 4.82. The van der Waals surface area contributed by atoms with Gasteiger partial charge in [0.05, 0.1) is 6.61 Å². The first-order valence-corrected chi connectivity index (χ1v) is 5.50. The fourth-order valence-electron chi connectivity index (χ4n) is 2.31. The highest BCUT2D eigenvalue weighted by Crippen LogP contribution is 2.45. The van der Waals surface area contributed by atoms with Gasteiger partial charge in [-0.3, -0.25) is 9.59 Å². The zero-order chi connectivity index (χ0) is 11.8. The number of nitrogens with zero attached hydrogens (tertiary/aromatic N) is 2. The van der Waals surface area contributed by atoms with Crippen molar-refractivity contribution in [1.29, 1.82) is 0 Å². The highest BCUT2D eigenvalue weighted by Gasteiger charge is 2.59. The molecule has 1 N–H and O–H groups in total. The van der Waals surface area contributed by atoms with Gasteiger partial charge in [-0.2, -0.15) is 0 Å². The molecule has 0 unspecified atom stereocenters. The monoisotopic (exact) mass is 224 g/mol. The van der Waals surface area contributed by atoms with E-state index in [0.717, 1.165) is 12.8 Å². The van der Waals surface area contributed by atoms with Crippen LogP contribution in [-0.4, -0.2) is 58.5 Å². The van der Waals surface area contributed by atoms with Crippen LogP contribution in [0.5, 0.6) is 0 Å². The van der Waals surface area contributed by atoms with Gasteiger partial charge in [-0.1, -0.05) is 6.58 Å². The highest BCUT2D eigenvalue weighted by atomic mass is 16.3. The van der Waals surface area contributed by atoms with E-state index in [0.29, 0.717) is 19.6 Å². The van der Waals surface area contributed by atoms with Crippen LogP contribution in [0.25, 0.3) is 0 Å². The maximum Gasteiger partial charge on any atom is 0.248 e. The molecule has 2 fully saturated rings. The van der Waals surface area contributed by atoms with E-state index in [1.807, 2.05) is 0 Å². The molecule has 0 aromatic carbocycles. The van der Waals surface area contributed by atoms with E-state index >= 15 is 0 Å². The number of hydrogen-bond acceptors (Lipinski definition) is 3. The van der Waals surface area contributed by atoms with Crippen molar-refractivity contribution in [3.05, 3.63) is 12.7 Å². The SMILES string of the molecule is C=CC(=O)N1CCN(CCO)C(=O)C12CC2. The van der Waals surface area contributed by atoms with Gasteiger partial charge in [-0.15, -0.1) is 0 Å². The smallest absolute Gasteiger partial charge is 0.248 e. The van der Waals surface area contributed by atoms with Crippen LogP contribution in [0.1, 0.15) is 12.8 Å². The molecule has 1 heterocycles. The molecule has 16 heavy (non-hydrogen) atoms. The van der Waals surface area contributed by atoms with Gasteiger partial charge in [0.1, 0.15) is 5.54 Å². The summed E-state index contributed by atoms with van der Waals surface area (Å²) in [6.07, 6.45) is 2.72. The quantitative estimate of drug-likeness (QED) is 0.649. The van der Waals surface area contributed by atoms with Crippen LogP contribution >= 0.6 is 0 Å². The number of hydrogen-bond donors (Lipinski definition) is 1. The second kappa shape index (κ2) is 3.90. The van der Waals surface area contributed by atoms with Gasteiger partial charge in [0.2, 0.25) is 11.8 Å². The summed E-state index contributed by atoms with van der Waals surface area (Å²) in [5.41, 5.74) is -0.612. The fraction of sp³-hybridized carbons (Fsp3) is 0.636. The fourth-order valence-corrected chi connectivity index (χ4v) is 2.31. The Hall–Kier alpha value is -1.36. The third-order valence-electron chi connectivity index (χ3n) is 3.33. The molecule has 0 aromatic rings. The molecular formula is C11H16N2O3. The molecule has 5 heteroatoms. The van der Waals surface area contributed by atoms with Gasteiger partial charge in [-0.25, -0.2) is 0 Å². The number of aliphatic hydroxyl groups excluding tert-OH is 1. The van der Waals surface area contributed by atoms with E-state index in [9.17, 15) is 9.59 Å². The van der Waals surface area contributed by atoms with Crippen molar-refractivity contribution in [1.82, 2.24) is 9.80 Å². The van der Waals surface area contributed by atoms with E-state index in [2.05, 4.69) is 6.58 Å². The van der Waals surface area contributed by atoms with Crippen LogP contribution in [0.3, 0.4) is 0 Å². The number of carbonyl (C=O) groups is 2. The number of β-amino-alcohol motifs (C(OH)–C–C–N with tert-alkyl or cyclic N) is 1. The first-order valence-electron chi connectivity index (χ1n) is 5.50. The average molecular weight is 224 g/mol. The standard InChI is InChI=1S/C11H16N2O3/c1-2-9(15)13-6-5-12(7-8-14)10(16)11(13)3-4-11/h2,14H,1,3-8H2. The molecule has 2 aliphatic rings. The van der Waals surface area contributed by atoms with Crippen molar-refractivity contribution in [3.63, 3.8) is 0 Å². The van der Waals surface area contributed by atoms with Gasteiger partial charge >= 0.3 is 0 Å². The lowest BCUT2D eigenvalue weighted by Crippen LogP contribution is -2.60. The molecule has 0 atom stereocenters. The Morgan fingerprint density at radius 3 is 2.69 bits per heavy atom. The Bertz CT molecular complexity index is 336. The topological polar surface area (TPSA) is 60.9 Å². The van der Waals surface area contributed by atoms with Gasteiger partial charge in [0, 0.05) is 19.6 Å². The molecule has 1 saturated carbocycles. The Labute approximate surface area is 94.3 Å². The largest absolute Gasteiger partial charge is 0.395 e. The molecular weight excluding hydrogens is 208 g/mol. The second-order valence-corrected chi connectivity index (χ2v) is 4.24. The van der Waals surface area contributed by atoms with Crippen LogP contribution in [0.4, 0.5) is 0 Å². The number of aliphatic hydroxyl groups is 1. The Morgan fingerprint density at radius 2 is 2.19 bits per heavy atom. The zero-order valence-corrected chi connectivity index (χ0v) is 9.19. The van der Waals surface area contributed by atoms with Crippen LogP contribution in [0.15, 0.2) is 12.7 Å². The molecule has 0 aromatic heterocycles. The molecule has 0 radical (unpaired) electrons. The van der Waals surface area contributed by atoms with E-state index in [1.165, 1.54) is 6.08 Å². The van der Waals surface area contributed by atoms with Crippen LogP contribution in [0, 0.1) is 0 Å². The zero-order valence-electron chi connectivity index (χ0n) is 9.19. The molecule has 1 aliphatic heterocycles. The Morgan fingerprint density at radius 1 is 1.50 bits per heavy atom. The lowest BCUT2D eigenvalue weighted by molar-refractivity contribution is -0.151.